The molecule has 1 saturated heterocycles. The number of aryl methyl sites for hydroxylation is 2. The van der Waals surface area contributed by atoms with E-state index in [1.54, 1.807) is 16.8 Å². The number of hydrogen-bond acceptors (Lipinski definition) is 10. The van der Waals surface area contributed by atoms with Gasteiger partial charge < -0.3 is 33.3 Å². The maximum Gasteiger partial charge on any atom is 0.410 e. The smallest absolute Gasteiger partial charge is 0.410 e. The maximum absolute atomic E-state index is 13.0. The van der Waals surface area contributed by atoms with Crippen molar-refractivity contribution in [3.8, 4) is 17.2 Å². The summed E-state index contributed by atoms with van der Waals surface area (Å²) in [7, 11) is 1.67. The molecule has 12 heteroatoms. The molecule has 2 heterocycles. The lowest BCUT2D eigenvalue weighted by atomic mass is 9.87. The van der Waals surface area contributed by atoms with Gasteiger partial charge in [-0.2, -0.15) is 4.80 Å². The third kappa shape index (κ3) is 11.2. The van der Waals surface area contributed by atoms with Gasteiger partial charge in [0, 0.05) is 24.4 Å². The minimum Gasteiger partial charge on any atom is -0.496 e. The Morgan fingerprint density at radius 1 is 0.880 bits per heavy atom. The number of para-hydroxylation sites is 2. The predicted octanol–water partition coefficient (Wildman–Crippen LogP) is 6.10. The van der Waals surface area contributed by atoms with Crippen LogP contribution in [0.5, 0.6) is 17.2 Å². The molecule has 1 amide bonds. The first-order valence-corrected chi connectivity index (χ1v) is 17.2. The SMILES string of the molecule is COc1ccccc1COCCCOc1ccc(C2CCN(C(=O)OC(C)(C)C)CC2OCCOc2ccccc2CCn2ncnn2)cc1. The van der Waals surface area contributed by atoms with Gasteiger partial charge in [-0.1, -0.05) is 48.5 Å². The molecule has 12 nitrogen and oxygen atoms in total. The van der Waals surface area contributed by atoms with Gasteiger partial charge in [0.05, 0.1) is 52.7 Å². The highest BCUT2D eigenvalue weighted by Crippen LogP contribution is 2.32. The second-order valence-electron chi connectivity index (χ2n) is 13.1. The molecule has 1 aliphatic rings. The number of ether oxygens (including phenoxy) is 6. The molecule has 2 unspecified atom stereocenters. The number of likely N-dealkylation sites (tertiary alicyclic amines) is 1. The van der Waals surface area contributed by atoms with Crippen molar-refractivity contribution in [2.45, 2.75) is 70.8 Å². The van der Waals surface area contributed by atoms with E-state index in [0.717, 1.165) is 46.8 Å². The highest BCUT2D eigenvalue weighted by atomic mass is 16.6. The van der Waals surface area contributed by atoms with Crippen LogP contribution in [0.25, 0.3) is 0 Å². The van der Waals surface area contributed by atoms with E-state index < -0.39 is 5.60 Å². The van der Waals surface area contributed by atoms with Gasteiger partial charge in [-0.05, 0) is 74.2 Å². The summed E-state index contributed by atoms with van der Waals surface area (Å²) in [6.07, 6.45) is 3.08. The fourth-order valence-electron chi connectivity index (χ4n) is 5.84. The van der Waals surface area contributed by atoms with Crippen molar-refractivity contribution < 1.29 is 33.2 Å². The average Bonchev–Trinajstić information content (AvgIpc) is 3.65. The Kier molecular flexibility index (Phi) is 13.4. The Hall–Kier alpha value is -4.68. The molecule has 1 aromatic heterocycles. The number of hydrogen-bond donors (Lipinski definition) is 0. The van der Waals surface area contributed by atoms with Gasteiger partial charge in [-0.25, -0.2) is 4.79 Å². The summed E-state index contributed by atoms with van der Waals surface area (Å²) in [6, 6.07) is 24.0. The van der Waals surface area contributed by atoms with Crippen molar-refractivity contribution >= 4 is 6.09 Å². The second-order valence-corrected chi connectivity index (χ2v) is 13.1. The molecule has 4 aromatic rings. The van der Waals surface area contributed by atoms with E-state index in [2.05, 4.69) is 27.5 Å². The van der Waals surface area contributed by atoms with Crippen LogP contribution >= 0.6 is 0 Å². The van der Waals surface area contributed by atoms with Crippen molar-refractivity contribution in [3.63, 3.8) is 0 Å². The molecule has 0 bridgehead atoms. The van der Waals surface area contributed by atoms with Gasteiger partial charge in [0.25, 0.3) is 0 Å². The minimum absolute atomic E-state index is 0.0913. The number of amides is 1. The van der Waals surface area contributed by atoms with Crippen molar-refractivity contribution in [1.29, 1.82) is 0 Å². The summed E-state index contributed by atoms with van der Waals surface area (Å²) >= 11 is 0. The van der Waals surface area contributed by atoms with Gasteiger partial charge in [-0.3, -0.25) is 0 Å². The third-order valence-electron chi connectivity index (χ3n) is 8.29. The zero-order valence-electron chi connectivity index (χ0n) is 29.5. The molecule has 0 N–H and O–H groups in total. The van der Waals surface area contributed by atoms with Crippen LogP contribution in [0.4, 0.5) is 4.79 Å². The molecule has 1 fully saturated rings. The van der Waals surface area contributed by atoms with Crippen LogP contribution in [-0.4, -0.2) is 89.5 Å². The minimum atomic E-state index is -0.576. The topological polar surface area (TPSA) is 119 Å². The van der Waals surface area contributed by atoms with E-state index in [0.29, 0.717) is 59.1 Å². The molecule has 268 valence electrons. The number of rotatable bonds is 17. The number of carbonyl (C=O) groups excluding carboxylic acids is 1. The normalized spacial score (nSPS) is 16.2. The van der Waals surface area contributed by atoms with Crippen LogP contribution in [0, 0.1) is 0 Å². The molecule has 5 rings (SSSR count). The van der Waals surface area contributed by atoms with Crippen LogP contribution < -0.4 is 14.2 Å². The van der Waals surface area contributed by atoms with Crippen molar-refractivity contribution in [1.82, 2.24) is 25.1 Å². The molecular formula is C38H49N5O7. The van der Waals surface area contributed by atoms with Crippen LogP contribution in [0.2, 0.25) is 0 Å². The van der Waals surface area contributed by atoms with Crippen LogP contribution in [0.15, 0.2) is 79.1 Å². The van der Waals surface area contributed by atoms with Gasteiger partial charge >= 0.3 is 6.09 Å². The lowest BCUT2D eigenvalue weighted by molar-refractivity contribution is -0.0358. The molecule has 3 aromatic carbocycles. The lowest BCUT2D eigenvalue weighted by Crippen LogP contribution is -2.48. The first-order chi connectivity index (χ1) is 24.3. The maximum atomic E-state index is 13.0. The van der Waals surface area contributed by atoms with Gasteiger partial charge in [0.2, 0.25) is 0 Å². The largest absolute Gasteiger partial charge is 0.496 e. The number of carbonyl (C=O) groups is 1. The molecule has 0 spiro atoms. The molecular weight excluding hydrogens is 638 g/mol. The number of benzene rings is 3. The summed E-state index contributed by atoms with van der Waals surface area (Å²) in [4.78, 5) is 16.3. The summed E-state index contributed by atoms with van der Waals surface area (Å²) in [5.74, 6) is 2.52. The molecule has 0 aliphatic carbocycles. The summed E-state index contributed by atoms with van der Waals surface area (Å²) in [5, 5.41) is 11.8. The van der Waals surface area contributed by atoms with E-state index in [9.17, 15) is 4.79 Å². The van der Waals surface area contributed by atoms with Crippen LogP contribution in [-0.2, 0) is 33.8 Å². The second kappa shape index (κ2) is 18.4. The molecule has 50 heavy (non-hydrogen) atoms. The lowest BCUT2D eigenvalue weighted by Gasteiger charge is -2.39. The summed E-state index contributed by atoms with van der Waals surface area (Å²) < 4.78 is 35.5. The highest BCUT2D eigenvalue weighted by Gasteiger charge is 2.35. The molecule has 0 saturated carbocycles. The van der Waals surface area contributed by atoms with Gasteiger partial charge in [-0.15, -0.1) is 10.2 Å². The van der Waals surface area contributed by atoms with Crippen molar-refractivity contribution in [3.05, 3.63) is 95.8 Å². The quantitative estimate of drug-likeness (QED) is 0.121. The fourth-order valence-corrected chi connectivity index (χ4v) is 5.84. The highest BCUT2D eigenvalue weighted by molar-refractivity contribution is 5.68. The van der Waals surface area contributed by atoms with Crippen LogP contribution in [0.3, 0.4) is 0 Å². The van der Waals surface area contributed by atoms with E-state index >= 15 is 0 Å². The number of aromatic nitrogens is 4. The van der Waals surface area contributed by atoms with Gasteiger partial charge in [0.1, 0.15) is 29.5 Å². The van der Waals surface area contributed by atoms with Crippen LogP contribution in [0.1, 0.15) is 56.2 Å². The Morgan fingerprint density at radius 3 is 2.38 bits per heavy atom. The summed E-state index contributed by atoms with van der Waals surface area (Å²) in [6.45, 7) is 9.59. The number of tetrazole rings is 1. The zero-order valence-corrected chi connectivity index (χ0v) is 29.5. The first-order valence-electron chi connectivity index (χ1n) is 17.2. The fraction of sp³-hybridized carbons (Fsp3) is 0.474. The van der Waals surface area contributed by atoms with Gasteiger partial charge in [0.15, 0.2) is 6.33 Å². The Bertz CT molecular complexity index is 1590. The Morgan fingerprint density at radius 2 is 1.64 bits per heavy atom. The van der Waals surface area contributed by atoms with E-state index in [4.69, 9.17) is 28.4 Å². The van der Waals surface area contributed by atoms with E-state index in [1.165, 1.54) is 6.33 Å². The molecule has 0 radical (unpaired) electrons. The Labute approximate surface area is 294 Å². The predicted molar refractivity (Wildman–Crippen MR) is 188 cm³/mol. The molecule has 2 atom stereocenters. The van der Waals surface area contributed by atoms with Crippen molar-refractivity contribution in [2.75, 3.05) is 46.6 Å². The van der Waals surface area contributed by atoms with E-state index in [-0.39, 0.29) is 18.1 Å². The monoisotopic (exact) mass is 687 g/mol. The summed E-state index contributed by atoms with van der Waals surface area (Å²) in [5.41, 5.74) is 2.64. The first kappa shape index (κ1) is 36.6. The number of piperidine rings is 1. The Balaban J connectivity index is 1.12. The third-order valence-corrected chi connectivity index (χ3v) is 8.29. The van der Waals surface area contributed by atoms with Crippen molar-refractivity contribution in [2.24, 2.45) is 0 Å². The molecule has 1 aliphatic heterocycles. The standard InChI is InChI=1S/C38H49N5O7/c1-38(2,3)50-37(44)42-20-19-33(29-14-16-32(17-15-29)47-23-9-22-46-27-31-11-6-7-12-34(31)45-4)36(26-42)49-25-24-48-35-13-8-5-10-30(35)18-21-43-40-28-39-41-43/h5-8,10-17,28,33,36H,9,18-27H2,1-4H3. The average molecular weight is 688 g/mol. The number of methoxy groups -OCH3 is 1. The van der Waals surface area contributed by atoms with E-state index in [1.807, 2.05) is 81.4 Å². The zero-order chi connectivity index (χ0) is 35.2. The number of nitrogens with zero attached hydrogens (tertiary/aromatic N) is 5.